The van der Waals surface area contributed by atoms with Crippen LogP contribution in [0.25, 0.3) is 0 Å². The number of sulfonamides is 1. The molecule has 2 rings (SSSR count). The van der Waals surface area contributed by atoms with Gasteiger partial charge in [0.05, 0.1) is 9.79 Å². The molecule has 1 heterocycles. The molecule has 1 atom stereocenters. The molecule has 20 heavy (non-hydrogen) atoms. The summed E-state index contributed by atoms with van der Waals surface area (Å²) < 4.78 is 48.5. The van der Waals surface area contributed by atoms with Crippen LogP contribution in [0.2, 0.25) is 0 Å². The predicted molar refractivity (Wildman–Crippen MR) is 78.2 cm³/mol. The second kappa shape index (κ2) is 5.98. The minimum Gasteiger partial charge on any atom is -0.326 e. The first-order valence-corrected chi connectivity index (χ1v) is 9.10. The molecule has 0 radical (unpaired) electrons. The zero-order valence-electron chi connectivity index (χ0n) is 10.9. The van der Waals surface area contributed by atoms with E-state index in [4.69, 9.17) is 5.73 Å². The Morgan fingerprint density at radius 3 is 2.00 bits per heavy atom. The molecule has 0 saturated carbocycles. The lowest BCUT2D eigenvalue weighted by atomic mass is 10.3. The van der Waals surface area contributed by atoms with Crippen molar-refractivity contribution in [3.63, 3.8) is 0 Å². The van der Waals surface area contributed by atoms with Gasteiger partial charge >= 0.3 is 0 Å². The summed E-state index contributed by atoms with van der Waals surface area (Å²) in [5.74, 6) is 0. The van der Waals surface area contributed by atoms with Gasteiger partial charge in [-0.05, 0) is 30.7 Å². The zero-order chi connectivity index (χ0) is 14.3. The topological polar surface area (TPSA) is 97.5 Å². The molecule has 9 heteroatoms. The van der Waals surface area contributed by atoms with E-state index >= 15 is 0 Å². The molecular weight excluding hydrogens is 324 g/mol. The van der Waals surface area contributed by atoms with Crippen molar-refractivity contribution >= 4 is 32.3 Å². The Morgan fingerprint density at radius 1 is 1.10 bits per heavy atom. The molecule has 1 aliphatic heterocycles. The summed E-state index contributed by atoms with van der Waals surface area (Å²) in [4.78, 5) is 0.193. The normalized spacial score (nSPS) is 20.6. The Hall–Kier alpha value is -0.670. The third-order valence-corrected chi connectivity index (χ3v) is 6.08. The Morgan fingerprint density at radius 2 is 1.60 bits per heavy atom. The zero-order valence-corrected chi connectivity index (χ0v) is 13.3. The number of rotatable bonds is 3. The molecule has 2 N–H and O–H groups in total. The maximum absolute atomic E-state index is 12.3. The summed E-state index contributed by atoms with van der Waals surface area (Å²) in [7, 11) is -6.90. The fraction of sp³-hybridized carbons (Fsp3) is 0.455. The smallest absolute Gasteiger partial charge is 0.243 e. The molecule has 1 aromatic rings. The van der Waals surface area contributed by atoms with Crippen LogP contribution < -0.4 is 5.73 Å². The number of sulfone groups is 1. The quantitative estimate of drug-likeness (QED) is 0.849. The van der Waals surface area contributed by atoms with Crippen LogP contribution >= 0.6 is 12.4 Å². The van der Waals surface area contributed by atoms with E-state index < -0.39 is 19.9 Å². The van der Waals surface area contributed by atoms with Crippen molar-refractivity contribution in [2.45, 2.75) is 22.3 Å². The van der Waals surface area contributed by atoms with Crippen molar-refractivity contribution in [3.8, 4) is 0 Å². The fourth-order valence-electron chi connectivity index (χ4n) is 1.98. The minimum atomic E-state index is -3.58. The van der Waals surface area contributed by atoms with Crippen LogP contribution in [-0.2, 0) is 19.9 Å². The third-order valence-electron chi connectivity index (χ3n) is 3.08. The summed E-state index contributed by atoms with van der Waals surface area (Å²) in [6.45, 7) is 0.702. The third kappa shape index (κ3) is 3.50. The summed E-state index contributed by atoms with van der Waals surface area (Å²) >= 11 is 0. The summed E-state index contributed by atoms with van der Waals surface area (Å²) in [6, 6.07) is 5.10. The highest BCUT2D eigenvalue weighted by molar-refractivity contribution is 7.90. The molecule has 114 valence electrons. The monoisotopic (exact) mass is 340 g/mol. The van der Waals surface area contributed by atoms with Crippen molar-refractivity contribution in [1.29, 1.82) is 0 Å². The molecule has 1 unspecified atom stereocenters. The lowest BCUT2D eigenvalue weighted by Crippen LogP contribution is -2.31. The van der Waals surface area contributed by atoms with Crippen LogP contribution in [0.5, 0.6) is 0 Å². The van der Waals surface area contributed by atoms with Crippen molar-refractivity contribution in [2.24, 2.45) is 5.73 Å². The lowest BCUT2D eigenvalue weighted by molar-refractivity contribution is 0.472. The van der Waals surface area contributed by atoms with Crippen LogP contribution in [-0.4, -0.2) is 46.5 Å². The minimum absolute atomic E-state index is 0. The van der Waals surface area contributed by atoms with Gasteiger partial charge in [0.2, 0.25) is 10.0 Å². The SMILES string of the molecule is CS(=O)(=O)c1ccc(S(=O)(=O)N2CCC(N)C2)cc1.Cl. The molecule has 0 aliphatic carbocycles. The highest BCUT2D eigenvalue weighted by Gasteiger charge is 2.30. The van der Waals surface area contributed by atoms with E-state index in [1.54, 1.807) is 0 Å². The van der Waals surface area contributed by atoms with Gasteiger partial charge in [-0.25, -0.2) is 16.8 Å². The number of nitrogens with zero attached hydrogens (tertiary/aromatic N) is 1. The molecule has 1 saturated heterocycles. The standard InChI is InChI=1S/C11H16N2O4S2.ClH/c1-18(14,15)10-2-4-11(5-3-10)19(16,17)13-7-6-9(12)8-13;/h2-5,9H,6-8,12H2,1H3;1H. The van der Waals surface area contributed by atoms with Crippen molar-refractivity contribution in [3.05, 3.63) is 24.3 Å². The molecule has 0 bridgehead atoms. The first kappa shape index (κ1) is 17.4. The van der Waals surface area contributed by atoms with Crippen molar-refractivity contribution in [2.75, 3.05) is 19.3 Å². The molecular formula is C11H17ClN2O4S2. The average Bonchev–Trinajstić information content (AvgIpc) is 2.76. The first-order valence-electron chi connectivity index (χ1n) is 5.77. The Labute approximate surface area is 125 Å². The number of hydrogen-bond donors (Lipinski definition) is 1. The molecule has 1 fully saturated rings. The average molecular weight is 341 g/mol. The number of benzene rings is 1. The van der Waals surface area contributed by atoms with Crippen LogP contribution in [0.4, 0.5) is 0 Å². The second-order valence-electron chi connectivity index (χ2n) is 4.66. The van der Waals surface area contributed by atoms with Crippen LogP contribution in [0.1, 0.15) is 6.42 Å². The number of halogens is 1. The van der Waals surface area contributed by atoms with Gasteiger partial charge in [-0.2, -0.15) is 4.31 Å². The Bertz CT molecular complexity index is 671. The van der Waals surface area contributed by atoms with E-state index in [2.05, 4.69) is 0 Å². The highest BCUT2D eigenvalue weighted by atomic mass is 35.5. The van der Waals surface area contributed by atoms with Gasteiger partial charge in [-0.3, -0.25) is 0 Å². The van der Waals surface area contributed by atoms with Gasteiger partial charge in [0.1, 0.15) is 0 Å². The van der Waals surface area contributed by atoms with Gasteiger partial charge < -0.3 is 5.73 Å². The number of nitrogens with two attached hydrogens (primary N) is 1. The van der Waals surface area contributed by atoms with Crippen molar-refractivity contribution in [1.82, 2.24) is 4.31 Å². The molecule has 6 nitrogen and oxygen atoms in total. The van der Waals surface area contributed by atoms with E-state index in [0.717, 1.165) is 6.26 Å². The maximum atomic E-state index is 12.3. The van der Waals surface area contributed by atoms with E-state index in [-0.39, 0.29) is 28.2 Å². The van der Waals surface area contributed by atoms with Gasteiger partial charge in [0, 0.05) is 25.4 Å². The van der Waals surface area contributed by atoms with E-state index in [1.807, 2.05) is 0 Å². The van der Waals surface area contributed by atoms with E-state index in [1.165, 1.54) is 28.6 Å². The largest absolute Gasteiger partial charge is 0.326 e. The molecule has 1 aromatic carbocycles. The summed E-state index contributed by atoms with van der Waals surface area (Å²) in [6.07, 6.45) is 1.72. The fourth-order valence-corrected chi connectivity index (χ4v) is 4.12. The van der Waals surface area contributed by atoms with Crippen LogP contribution in [0.3, 0.4) is 0 Å². The first-order chi connectivity index (χ1) is 8.71. The summed E-state index contributed by atoms with van der Waals surface area (Å²) in [5, 5.41) is 0. The Kier molecular flexibility index (Phi) is 5.20. The molecule has 0 spiro atoms. The van der Waals surface area contributed by atoms with Gasteiger partial charge in [0.15, 0.2) is 9.84 Å². The van der Waals surface area contributed by atoms with Gasteiger partial charge in [0.25, 0.3) is 0 Å². The Balaban J connectivity index is 0.00000200. The van der Waals surface area contributed by atoms with Crippen LogP contribution in [0, 0.1) is 0 Å². The number of hydrogen-bond acceptors (Lipinski definition) is 5. The maximum Gasteiger partial charge on any atom is 0.243 e. The van der Waals surface area contributed by atoms with Crippen LogP contribution in [0.15, 0.2) is 34.1 Å². The van der Waals surface area contributed by atoms with Gasteiger partial charge in [-0.1, -0.05) is 0 Å². The molecule has 0 aromatic heterocycles. The van der Waals surface area contributed by atoms with Gasteiger partial charge in [-0.15, -0.1) is 12.4 Å². The molecule has 1 aliphatic rings. The van der Waals surface area contributed by atoms with Crippen molar-refractivity contribution < 1.29 is 16.8 Å². The summed E-state index contributed by atoms with van der Waals surface area (Å²) in [5.41, 5.74) is 5.70. The predicted octanol–water partition coefficient (Wildman–Crippen LogP) is 0.234. The van der Waals surface area contributed by atoms with E-state index in [0.29, 0.717) is 19.5 Å². The highest BCUT2D eigenvalue weighted by Crippen LogP contribution is 2.21. The molecule has 0 amide bonds. The van der Waals surface area contributed by atoms with E-state index in [9.17, 15) is 16.8 Å². The lowest BCUT2D eigenvalue weighted by Gasteiger charge is -2.16. The second-order valence-corrected chi connectivity index (χ2v) is 8.61.